The Morgan fingerprint density at radius 1 is 1.08 bits per heavy atom. The zero-order valence-electron chi connectivity index (χ0n) is 12.9. The molecule has 8 heteroatoms. The van der Waals surface area contributed by atoms with Gasteiger partial charge in [0.15, 0.2) is 0 Å². The molecule has 0 aliphatic heterocycles. The van der Waals surface area contributed by atoms with Gasteiger partial charge in [0.2, 0.25) is 0 Å². The molecule has 0 aromatic heterocycles. The van der Waals surface area contributed by atoms with Crippen LogP contribution in [0.25, 0.3) is 0 Å². The molecule has 2 aromatic rings. The molecule has 0 saturated carbocycles. The molecular formula is C17H13F5O3. The second kappa shape index (κ2) is 7.50. The first-order chi connectivity index (χ1) is 11.8. The van der Waals surface area contributed by atoms with Crippen molar-refractivity contribution >= 4 is 6.29 Å². The van der Waals surface area contributed by atoms with Gasteiger partial charge in [0.05, 0.1) is 12.7 Å². The molecule has 0 amide bonds. The van der Waals surface area contributed by atoms with E-state index in [9.17, 15) is 26.7 Å². The molecule has 3 nitrogen and oxygen atoms in total. The largest absolute Gasteiger partial charge is 0.496 e. The number of halogens is 5. The summed E-state index contributed by atoms with van der Waals surface area (Å²) in [6.07, 6.45) is -7.27. The Hall–Kier alpha value is -2.64. The second-order valence-electron chi connectivity index (χ2n) is 5.03. The van der Waals surface area contributed by atoms with Gasteiger partial charge < -0.3 is 9.47 Å². The van der Waals surface area contributed by atoms with Crippen LogP contribution in [0, 0.1) is 0 Å². The molecule has 0 fully saturated rings. The van der Waals surface area contributed by atoms with Gasteiger partial charge in [-0.2, -0.15) is 13.2 Å². The number of benzene rings is 2. The molecule has 0 unspecified atom stereocenters. The van der Waals surface area contributed by atoms with Crippen LogP contribution in [0.15, 0.2) is 36.4 Å². The first kappa shape index (κ1) is 18.7. The summed E-state index contributed by atoms with van der Waals surface area (Å²) in [6.45, 7) is -0.292. The fourth-order valence-corrected chi connectivity index (χ4v) is 2.14. The molecule has 0 aliphatic carbocycles. The van der Waals surface area contributed by atoms with Gasteiger partial charge >= 0.3 is 6.18 Å². The molecule has 0 radical (unpaired) electrons. The monoisotopic (exact) mass is 360 g/mol. The fourth-order valence-electron chi connectivity index (χ4n) is 2.14. The normalized spacial score (nSPS) is 11.5. The van der Waals surface area contributed by atoms with Gasteiger partial charge in [0, 0.05) is 16.7 Å². The number of rotatable bonds is 6. The molecule has 0 aliphatic rings. The first-order valence-electron chi connectivity index (χ1n) is 7.00. The number of methoxy groups -OCH3 is 1. The fraction of sp³-hybridized carbons (Fsp3) is 0.235. The Labute approximate surface area is 140 Å². The van der Waals surface area contributed by atoms with E-state index in [0.717, 1.165) is 12.1 Å². The van der Waals surface area contributed by atoms with Crippen LogP contribution in [-0.2, 0) is 12.8 Å². The highest BCUT2D eigenvalue weighted by molar-refractivity contribution is 5.75. The Morgan fingerprint density at radius 3 is 2.36 bits per heavy atom. The lowest BCUT2D eigenvalue weighted by Crippen LogP contribution is -2.10. The van der Waals surface area contributed by atoms with Crippen LogP contribution in [0.5, 0.6) is 11.5 Å². The molecule has 0 bridgehead atoms. The standard InChI is InChI=1S/C17H13F5O3/c1-24-15-6-10(8-23)2-3-12(15)9-25-14-5-4-11(16(18)19)7-13(14)17(20,21)22/h2-8,16H,9H2,1H3. The smallest absolute Gasteiger partial charge is 0.419 e. The number of aldehydes is 1. The van der Waals surface area contributed by atoms with Crippen molar-refractivity contribution < 1.29 is 36.2 Å². The van der Waals surface area contributed by atoms with Gasteiger partial charge in [-0.3, -0.25) is 4.79 Å². The average molecular weight is 360 g/mol. The van der Waals surface area contributed by atoms with Crippen LogP contribution < -0.4 is 9.47 Å². The van der Waals surface area contributed by atoms with E-state index in [1.165, 1.54) is 25.3 Å². The van der Waals surface area contributed by atoms with Crippen LogP contribution in [0.1, 0.15) is 33.5 Å². The van der Waals surface area contributed by atoms with E-state index in [2.05, 4.69) is 0 Å². The van der Waals surface area contributed by atoms with Gasteiger partial charge in [-0.25, -0.2) is 8.78 Å². The summed E-state index contributed by atoms with van der Waals surface area (Å²) in [5, 5.41) is 0. The zero-order valence-corrected chi connectivity index (χ0v) is 12.9. The van der Waals surface area contributed by atoms with E-state index in [4.69, 9.17) is 9.47 Å². The number of ether oxygens (including phenoxy) is 2. The number of alkyl halides is 5. The number of carbonyl (C=O) groups excluding carboxylic acids is 1. The third kappa shape index (κ3) is 4.46. The summed E-state index contributed by atoms with van der Waals surface area (Å²) < 4.78 is 74.7. The molecule has 0 N–H and O–H groups in total. The van der Waals surface area contributed by atoms with Crippen LogP contribution in [-0.4, -0.2) is 13.4 Å². The molecular weight excluding hydrogens is 347 g/mol. The molecule has 0 heterocycles. The van der Waals surface area contributed by atoms with Crippen molar-refractivity contribution in [2.24, 2.45) is 0 Å². The van der Waals surface area contributed by atoms with Crippen molar-refractivity contribution in [3.8, 4) is 11.5 Å². The third-order valence-corrected chi connectivity index (χ3v) is 3.39. The van der Waals surface area contributed by atoms with Gasteiger partial charge in [0.25, 0.3) is 6.43 Å². The quantitative estimate of drug-likeness (QED) is 0.535. The van der Waals surface area contributed by atoms with Gasteiger partial charge in [-0.15, -0.1) is 0 Å². The molecule has 25 heavy (non-hydrogen) atoms. The van der Waals surface area contributed by atoms with Gasteiger partial charge in [-0.05, 0) is 24.3 Å². The van der Waals surface area contributed by atoms with Crippen molar-refractivity contribution in [3.05, 3.63) is 58.7 Å². The number of carbonyl (C=O) groups is 1. The van der Waals surface area contributed by atoms with Crippen molar-refractivity contribution in [1.29, 1.82) is 0 Å². The van der Waals surface area contributed by atoms with Gasteiger partial charge in [-0.1, -0.05) is 12.1 Å². The summed E-state index contributed by atoms with van der Waals surface area (Å²) in [5.41, 5.74) is -1.29. The minimum atomic E-state index is -4.84. The van der Waals surface area contributed by atoms with E-state index in [1.807, 2.05) is 0 Å². The summed E-state index contributed by atoms with van der Waals surface area (Å²) >= 11 is 0. The van der Waals surface area contributed by atoms with E-state index < -0.39 is 29.5 Å². The summed E-state index contributed by atoms with van der Waals surface area (Å²) in [6, 6.07) is 6.45. The Bertz CT molecular complexity index is 756. The SMILES string of the molecule is COc1cc(C=O)ccc1COc1ccc(C(F)F)cc1C(F)(F)F. The predicted octanol–water partition coefficient (Wildman–Crippen LogP) is 5.04. The molecule has 2 aromatic carbocycles. The van der Waals surface area contributed by atoms with Crippen molar-refractivity contribution in [2.75, 3.05) is 7.11 Å². The maximum absolute atomic E-state index is 13.1. The molecule has 0 atom stereocenters. The van der Waals surface area contributed by atoms with Crippen LogP contribution in [0.3, 0.4) is 0 Å². The predicted molar refractivity (Wildman–Crippen MR) is 79.1 cm³/mol. The summed E-state index contributed by atoms with van der Waals surface area (Å²) in [4.78, 5) is 10.7. The highest BCUT2D eigenvalue weighted by Gasteiger charge is 2.35. The maximum Gasteiger partial charge on any atom is 0.419 e. The average Bonchev–Trinajstić information content (AvgIpc) is 2.58. The third-order valence-electron chi connectivity index (χ3n) is 3.39. The topological polar surface area (TPSA) is 35.5 Å². The lowest BCUT2D eigenvalue weighted by Gasteiger charge is -2.16. The Balaban J connectivity index is 2.30. The summed E-state index contributed by atoms with van der Waals surface area (Å²) in [5.74, 6) is -0.305. The minimum absolute atomic E-state index is 0.266. The molecule has 134 valence electrons. The highest BCUT2D eigenvalue weighted by atomic mass is 19.4. The minimum Gasteiger partial charge on any atom is -0.496 e. The van der Waals surface area contributed by atoms with Crippen LogP contribution >= 0.6 is 0 Å². The van der Waals surface area contributed by atoms with Crippen LogP contribution in [0.2, 0.25) is 0 Å². The zero-order chi connectivity index (χ0) is 18.6. The van der Waals surface area contributed by atoms with E-state index in [-0.39, 0.29) is 12.4 Å². The number of hydrogen-bond acceptors (Lipinski definition) is 3. The maximum atomic E-state index is 13.1. The van der Waals surface area contributed by atoms with E-state index in [0.29, 0.717) is 23.5 Å². The first-order valence-corrected chi connectivity index (χ1v) is 7.00. The highest BCUT2D eigenvalue weighted by Crippen LogP contribution is 2.39. The Morgan fingerprint density at radius 2 is 1.80 bits per heavy atom. The van der Waals surface area contributed by atoms with Crippen molar-refractivity contribution in [3.63, 3.8) is 0 Å². The van der Waals surface area contributed by atoms with E-state index >= 15 is 0 Å². The lowest BCUT2D eigenvalue weighted by atomic mass is 10.1. The number of hydrogen-bond donors (Lipinski definition) is 0. The second-order valence-corrected chi connectivity index (χ2v) is 5.03. The van der Waals surface area contributed by atoms with Gasteiger partial charge in [0.1, 0.15) is 24.4 Å². The molecule has 2 rings (SSSR count). The van der Waals surface area contributed by atoms with E-state index in [1.54, 1.807) is 0 Å². The molecule has 0 saturated heterocycles. The summed E-state index contributed by atoms with van der Waals surface area (Å²) in [7, 11) is 1.34. The Kier molecular flexibility index (Phi) is 5.61. The van der Waals surface area contributed by atoms with Crippen molar-refractivity contribution in [1.82, 2.24) is 0 Å². The lowest BCUT2D eigenvalue weighted by molar-refractivity contribution is -0.139. The van der Waals surface area contributed by atoms with Crippen LogP contribution in [0.4, 0.5) is 22.0 Å². The molecule has 0 spiro atoms. The van der Waals surface area contributed by atoms with Crippen molar-refractivity contribution in [2.45, 2.75) is 19.2 Å².